The van der Waals surface area contributed by atoms with Gasteiger partial charge in [0.1, 0.15) is 18.7 Å². The van der Waals surface area contributed by atoms with Crippen molar-refractivity contribution in [3.05, 3.63) is 29.8 Å². The van der Waals surface area contributed by atoms with E-state index in [1.54, 1.807) is 52.0 Å². The number of hydrogen-bond donors (Lipinski definition) is 6. The third kappa shape index (κ3) is 10.3. The fourth-order valence-electron chi connectivity index (χ4n) is 2.95. The summed E-state index contributed by atoms with van der Waals surface area (Å²) in [5.74, 6) is -1.65. The van der Waals surface area contributed by atoms with Gasteiger partial charge >= 0.3 is 6.03 Å². The molecule has 5 amide bonds. The average molecular weight is 477 g/mol. The van der Waals surface area contributed by atoms with Crippen molar-refractivity contribution in [3.8, 4) is 0 Å². The van der Waals surface area contributed by atoms with Gasteiger partial charge in [0.2, 0.25) is 17.7 Å². The molecule has 0 saturated heterocycles. The van der Waals surface area contributed by atoms with Crippen LogP contribution >= 0.6 is 0 Å². The van der Waals surface area contributed by atoms with Crippen LogP contribution in [0, 0.1) is 17.2 Å². The van der Waals surface area contributed by atoms with Crippen molar-refractivity contribution in [3.63, 3.8) is 0 Å². The molecule has 11 nitrogen and oxygen atoms in total. The summed E-state index contributed by atoms with van der Waals surface area (Å²) >= 11 is 0. The number of carbonyl (C=O) groups is 4. The standard InChI is InChI=1S/C23H36N6O5/c1-14(2)19(29-20(30)15(3)4)22(32)28-18(6-5-11-26-23(25)33)21(31)27-17-9-7-16(8-10-17)12-34-13-24/h7-10,13-15,18-19,24H,5-6,11-12H2,1-4H3,(H,27,31)(H,28,32)(H,29,30)(H3,25,26,33). The summed E-state index contributed by atoms with van der Waals surface area (Å²) in [5.41, 5.74) is 6.42. The zero-order valence-corrected chi connectivity index (χ0v) is 20.1. The van der Waals surface area contributed by atoms with Gasteiger partial charge in [0, 0.05) is 18.2 Å². The summed E-state index contributed by atoms with van der Waals surface area (Å²) in [7, 11) is 0. The van der Waals surface area contributed by atoms with E-state index in [0.29, 0.717) is 12.1 Å². The highest BCUT2D eigenvalue weighted by Crippen LogP contribution is 2.12. The molecule has 0 aromatic heterocycles. The van der Waals surface area contributed by atoms with Gasteiger partial charge < -0.3 is 31.7 Å². The Morgan fingerprint density at radius 1 is 1.00 bits per heavy atom. The molecule has 0 bridgehead atoms. The quantitative estimate of drug-likeness (QED) is 0.135. The topological polar surface area (TPSA) is 175 Å². The molecule has 2 atom stereocenters. The van der Waals surface area contributed by atoms with Crippen molar-refractivity contribution in [2.24, 2.45) is 17.6 Å². The largest absolute Gasteiger partial charge is 0.479 e. The van der Waals surface area contributed by atoms with E-state index >= 15 is 0 Å². The van der Waals surface area contributed by atoms with Gasteiger partial charge in [0.15, 0.2) is 6.40 Å². The highest BCUT2D eigenvalue weighted by atomic mass is 16.5. The summed E-state index contributed by atoms with van der Waals surface area (Å²) in [6.45, 7) is 7.56. The molecule has 0 heterocycles. The molecular weight excluding hydrogens is 440 g/mol. The van der Waals surface area contributed by atoms with E-state index in [0.717, 1.165) is 12.0 Å². The smallest absolute Gasteiger partial charge is 0.312 e. The Morgan fingerprint density at radius 3 is 2.18 bits per heavy atom. The average Bonchev–Trinajstić information content (AvgIpc) is 2.78. The molecule has 7 N–H and O–H groups in total. The SMILES string of the molecule is CC(C)C(=O)NC(C(=O)NC(CCCNC(N)=O)C(=O)Nc1ccc(COC=N)cc1)C(C)C. The summed E-state index contributed by atoms with van der Waals surface area (Å²) < 4.78 is 4.92. The van der Waals surface area contributed by atoms with Crippen LogP contribution in [0.1, 0.15) is 46.1 Å². The normalized spacial score (nSPS) is 12.4. The first kappa shape index (κ1) is 28.4. The van der Waals surface area contributed by atoms with Crippen LogP contribution in [0.2, 0.25) is 0 Å². The Kier molecular flexibility index (Phi) is 12.1. The second kappa shape index (κ2) is 14.5. The van der Waals surface area contributed by atoms with Crippen molar-refractivity contribution in [1.82, 2.24) is 16.0 Å². The lowest BCUT2D eigenvalue weighted by Gasteiger charge is -2.26. The van der Waals surface area contributed by atoms with Gasteiger partial charge in [-0.15, -0.1) is 0 Å². The summed E-state index contributed by atoms with van der Waals surface area (Å²) in [6.07, 6.45) is 1.49. The van der Waals surface area contributed by atoms with E-state index < -0.39 is 29.9 Å². The number of carbonyl (C=O) groups excluding carboxylic acids is 4. The van der Waals surface area contributed by atoms with Gasteiger partial charge in [-0.3, -0.25) is 19.8 Å². The number of ether oxygens (including phenoxy) is 1. The third-order valence-corrected chi connectivity index (χ3v) is 4.93. The maximum Gasteiger partial charge on any atom is 0.312 e. The third-order valence-electron chi connectivity index (χ3n) is 4.93. The van der Waals surface area contributed by atoms with E-state index in [9.17, 15) is 19.2 Å². The Bertz CT molecular complexity index is 841. The van der Waals surface area contributed by atoms with Crippen LogP contribution in [-0.4, -0.2) is 48.8 Å². The number of urea groups is 1. The molecule has 1 aromatic rings. The molecule has 0 aliphatic heterocycles. The molecule has 0 aliphatic carbocycles. The minimum Gasteiger partial charge on any atom is -0.479 e. The number of rotatable bonds is 14. The predicted octanol–water partition coefficient (Wildman–Crippen LogP) is 1.48. The van der Waals surface area contributed by atoms with Crippen LogP contribution in [0.3, 0.4) is 0 Å². The highest BCUT2D eigenvalue weighted by molar-refractivity contribution is 5.98. The number of benzene rings is 1. The fourth-order valence-corrected chi connectivity index (χ4v) is 2.95. The first-order valence-electron chi connectivity index (χ1n) is 11.2. The second-order valence-electron chi connectivity index (χ2n) is 8.49. The molecule has 2 unspecified atom stereocenters. The van der Waals surface area contributed by atoms with Crippen molar-refractivity contribution in [2.75, 3.05) is 11.9 Å². The molecular formula is C23H36N6O5. The predicted molar refractivity (Wildman–Crippen MR) is 129 cm³/mol. The lowest BCUT2D eigenvalue weighted by atomic mass is 10.0. The minimum atomic E-state index is -0.902. The second-order valence-corrected chi connectivity index (χ2v) is 8.49. The number of amides is 5. The van der Waals surface area contributed by atoms with Crippen molar-refractivity contribution >= 4 is 35.8 Å². The lowest BCUT2D eigenvalue weighted by molar-refractivity contribution is -0.133. The number of hydrogen-bond acceptors (Lipinski definition) is 6. The zero-order chi connectivity index (χ0) is 25.7. The van der Waals surface area contributed by atoms with Crippen molar-refractivity contribution in [1.29, 1.82) is 5.41 Å². The molecule has 0 aliphatic rings. The Labute approximate surface area is 200 Å². The van der Waals surface area contributed by atoms with Crippen LogP contribution in [-0.2, 0) is 25.7 Å². The summed E-state index contributed by atoms with van der Waals surface area (Å²) in [6, 6.07) is 4.50. The van der Waals surface area contributed by atoms with Gasteiger partial charge in [0.25, 0.3) is 0 Å². The van der Waals surface area contributed by atoms with Gasteiger partial charge in [-0.1, -0.05) is 39.8 Å². The number of nitrogens with one attached hydrogen (secondary N) is 5. The molecule has 34 heavy (non-hydrogen) atoms. The van der Waals surface area contributed by atoms with E-state index in [1.807, 2.05) is 0 Å². The van der Waals surface area contributed by atoms with E-state index in [2.05, 4.69) is 21.3 Å². The molecule has 0 saturated carbocycles. The van der Waals surface area contributed by atoms with Gasteiger partial charge in [0.05, 0.1) is 0 Å². The van der Waals surface area contributed by atoms with Crippen LogP contribution in [0.15, 0.2) is 24.3 Å². The van der Waals surface area contributed by atoms with E-state index in [-0.39, 0.29) is 37.3 Å². The monoisotopic (exact) mass is 476 g/mol. The molecule has 11 heteroatoms. The molecule has 0 radical (unpaired) electrons. The Hall–Kier alpha value is -3.63. The van der Waals surface area contributed by atoms with E-state index in [4.69, 9.17) is 15.9 Å². The maximum absolute atomic E-state index is 13.0. The Morgan fingerprint density at radius 2 is 1.65 bits per heavy atom. The first-order valence-corrected chi connectivity index (χ1v) is 11.2. The van der Waals surface area contributed by atoms with Crippen LogP contribution in [0.5, 0.6) is 0 Å². The molecule has 1 rings (SSSR count). The fraction of sp³-hybridized carbons (Fsp3) is 0.522. The number of nitrogens with two attached hydrogens (primary N) is 1. The van der Waals surface area contributed by atoms with Crippen LogP contribution in [0.4, 0.5) is 10.5 Å². The van der Waals surface area contributed by atoms with Crippen LogP contribution < -0.4 is 27.0 Å². The van der Waals surface area contributed by atoms with Crippen molar-refractivity contribution < 1.29 is 23.9 Å². The zero-order valence-electron chi connectivity index (χ0n) is 20.1. The maximum atomic E-state index is 13.0. The van der Waals surface area contributed by atoms with Crippen LogP contribution in [0.25, 0.3) is 0 Å². The molecule has 0 spiro atoms. The number of anilines is 1. The lowest BCUT2D eigenvalue weighted by Crippen LogP contribution is -2.55. The van der Waals surface area contributed by atoms with Gasteiger partial charge in [-0.05, 0) is 36.5 Å². The molecule has 1 aromatic carbocycles. The minimum absolute atomic E-state index is 0.196. The number of primary amides is 1. The van der Waals surface area contributed by atoms with Crippen molar-refractivity contribution in [2.45, 2.75) is 59.2 Å². The van der Waals surface area contributed by atoms with Gasteiger partial charge in [-0.25, -0.2) is 4.79 Å². The highest BCUT2D eigenvalue weighted by Gasteiger charge is 2.29. The molecule has 0 fully saturated rings. The summed E-state index contributed by atoms with van der Waals surface area (Å²) in [5, 5.41) is 17.6. The summed E-state index contributed by atoms with van der Waals surface area (Å²) in [4.78, 5) is 49.0. The first-order chi connectivity index (χ1) is 16.0. The van der Waals surface area contributed by atoms with Gasteiger partial charge in [-0.2, -0.15) is 0 Å². The van der Waals surface area contributed by atoms with E-state index in [1.165, 1.54) is 0 Å². The molecule has 188 valence electrons. The Balaban J connectivity index is 2.91.